The lowest BCUT2D eigenvalue weighted by molar-refractivity contribution is -0.137. The number of fused-ring (bicyclic) bond motifs is 1. The molecule has 4 N–H and O–H groups in total. The highest BCUT2D eigenvalue weighted by molar-refractivity contribution is 5.99. The van der Waals surface area contributed by atoms with Gasteiger partial charge in [-0.3, -0.25) is 4.79 Å². The second-order valence-corrected chi connectivity index (χ2v) is 12.6. The van der Waals surface area contributed by atoms with Crippen LogP contribution in [0.3, 0.4) is 0 Å². The van der Waals surface area contributed by atoms with E-state index < -0.39 is 41.9 Å². The summed E-state index contributed by atoms with van der Waals surface area (Å²) in [5, 5.41) is 18.3. The number of nitrogens with zero attached hydrogens (tertiary/aromatic N) is 2. The lowest BCUT2D eigenvalue weighted by atomic mass is 10.0. The maximum atomic E-state index is 14.2. The third-order valence-corrected chi connectivity index (χ3v) is 7.99. The van der Waals surface area contributed by atoms with Crippen LogP contribution in [-0.4, -0.2) is 90.5 Å². The highest BCUT2D eigenvalue weighted by Gasteiger charge is 2.32. The van der Waals surface area contributed by atoms with Crippen LogP contribution in [0, 0.1) is 5.92 Å². The average Bonchev–Trinajstić information content (AvgIpc) is 3.01. The monoisotopic (exact) mass is 679 g/mol. The molecule has 3 rings (SSSR count). The van der Waals surface area contributed by atoms with Gasteiger partial charge in [-0.2, -0.15) is 13.2 Å². The summed E-state index contributed by atoms with van der Waals surface area (Å²) < 4.78 is 51.4. The molecule has 11 nitrogen and oxygen atoms in total. The minimum atomic E-state index is -4.49. The smallest absolute Gasteiger partial charge is 0.416 e. The predicted molar refractivity (Wildman–Crippen MR) is 177 cm³/mol. The van der Waals surface area contributed by atoms with Crippen molar-refractivity contribution in [2.45, 2.75) is 84.3 Å². The minimum Gasteiger partial charge on any atom is -0.490 e. The Labute approximate surface area is 280 Å². The van der Waals surface area contributed by atoms with Crippen molar-refractivity contribution in [1.82, 2.24) is 15.1 Å². The number of nitrogens with one attached hydrogen (secondary N) is 3. The van der Waals surface area contributed by atoms with Crippen LogP contribution in [0.2, 0.25) is 0 Å². The molecule has 4 atom stereocenters. The van der Waals surface area contributed by atoms with Crippen molar-refractivity contribution < 1.29 is 42.1 Å². The molecule has 2 aromatic carbocycles. The fraction of sp³-hybridized carbons (Fsp3) is 0.559. The molecule has 0 bridgehead atoms. The van der Waals surface area contributed by atoms with Crippen LogP contribution in [0.4, 0.5) is 34.1 Å². The Hall–Kier alpha value is -4.04. The van der Waals surface area contributed by atoms with Crippen LogP contribution in [0.25, 0.3) is 0 Å². The number of halogens is 3. The largest absolute Gasteiger partial charge is 0.490 e. The number of likely N-dealkylation sites (N-methyl/N-ethyl adjacent to an activating group) is 1. The lowest BCUT2D eigenvalue weighted by Gasteiger charge is -2.35. The number of carbonyl (C=O) groups excluding carboxylic acids is 3. The van der Waals surface area contributed by atoms with Gasteiger partial charge in [0, 0.05) is 50.1 Å². The van der Waals surface area contributed by atoms with Crippen LogP contribution >= 0.6 is 0 Å². The number of aliphatic hydroxyl groups excluding tert-OH is 1. The number of ether oxygens (including phenoxy) is 2. The Balaban J connectivity index is 1.86. The first-order valence-electron chi connectivity index (χ1n) is 16.2. The van der Waals surface area contributed by atoms with Crippen molar-refractivity contribution in [3.63, 3.8) is 0 Å². The van der Waals surface area contributed by atoms with E-state index in [0.717, 1.165) is 25.0 Å². The molecule has 48 heavy (non-hydrogen) atoms. The van der Waals surface area contributed by atoms with Gasteiger partial charge in [-0.1, -0.05) is 6.92 Å². The molecule has 1 aliphatic heterocycles. The Kier molecular flexibility index (Phi) is 13.9. The Morgan fingerprint density at radius 1 is 1.04 bits per heavy atom. The van der Waals surface area contributed by atoms with Gasteiger partial charge in [-0.25, -0.2) is 9.59 Å². The predicted octanol–water partition coefficient (Wildman–Crippen LogP) is 6.19. The van der Waals surface area contributed by atoms with Crippen LogP contribution in [-0.2, 0) is 10.9 Å². The first-order chi connectivity index (χ1) is 22.6. The number of anilines is 2. The molecule has 1 heterocycles. The molecule has 0 unspecified atom stereocenters. The molecule has 1 aliphatic rings. The Morgan fingerprint density at radius 2 is 1.71 bits per heavy atom. The maximum absolute atomic E-state index is 14.2. The first-order valence-corrected chi connectivity index (χ1v) is 16.2. The highest BCUT2D eigenvalue weighted by Crippen LogP contribution is 2.30. The molecule has 0 spiro atoms. The van der Waals surface area contributed by atoms with Crippen molar-refractivity contribution in [2.75, 3.05) is 44.0 Å². The number of aliphatic hydroxyl groups is 1. The zero-order valence-corrected chi connectivity index (χ0v) is 28.4. The van der Waals surface area contributed by atoms with Gasteiger partial charge in [0.25, 0.3) is 5.91 Å². The van der Waals surface area contributed by atoms with Crippen LogP contribution < -0.4 is 20.7 Å². The van der Waals surface area contributed by atoms with Crippen molar-refractivity contribution >= 4 is 29.3 Å². The first kappa shape index (κ1) is 38.4. The topological polar surface area (TPSA) is 132 Å². The summed E-state index contributed by atoms with van der Waals surface area (Å²) in [5.74, 6) is -0.383. The van der Waals surface area contributed by atoms with E-state index in [1.807, 2.05) is 27.7 Å². The van der Waals surface area contributed by atoms with Crippen molar-refractivity contribution in [2.24, 2.45) is 5.92 Å². The molecule has 14 heteroatoms. The van der Waals surface area contributed by atoms with E-state index in [4.69, 9.17) is 9.47 Å². The fourth-order valence-electron chi connectivity index (χ4n) is 5.21. The number of hydrogen-bond acceptors (Lipinski definition) is 6. The number of benzene rings is 2. The summed E-state index contributed by atoms with van der Waals surface area (Å²) in [5.41, 5.74) is 0.00189. The zero-order chi connectivity index (χ0) is 35.6. The number of urea groups is 2. The standard InChI is InChI=1S/C34H48F3N5O6/c1-21(2)38-32(45)39-27-14-15-29-28(17-27)31(44)42(23(4)20-43)18-22(3)30(47-16-8-7-9-24(5)48-29)19-41(6)33(46)40-26-12-10-25(11-13-26)34(35,36)37/h10-15,17,21-24,30,43H,7-9,16,18-20H2,1-6H3,(H,40,46)(H2,38,39,45)/t22-,23+,24+,30-/m1/s1. The fourth-order valence-corrected chi connectivity index (χ4v) is 5.21. The van der Waals surface area contributed by atoms with Gasteiger partial charge in [-0.05, 0) is 89.4 Å². The van der Waals surface area contributed by atoms with Crippen molar-refractivity contribution in [3.8, 4) is 5.75 Å². The van der Waals surface area contributed by atoms with Gasteiger partial charge >= 0.3 is 18.2 Å². The molecule has 0 radical (unpaired) electrons. The molecule has 266 valence electrons. The number of alkyl halides is 3. The molecule has 0 aliphatic carbocycles. The highest BCUT2D eigenvalue weighted by atomic mass is 19.4. The second kappa shape index (κ2) is 17.4. The summed E-state index contributed by atoms with van der Waals surface area (Å²) in [6.45, 7) is 9.52. The molecular formula is C34H48F3N5O6. The number of hydrogen-bond donors (Lipinski definition) is 4. The third-order valence-electron chi connectivity index (χ3n) is 7.99. The van der Waals surface area contributed by atoms with Gasteiger partial charge in [0.15, 0.2) is 0 Å². The molecule has 5 amide bonds. The van der Waals surface area contributed by atoms with Gasteiger partial charge in [0.05, 0.1) is 36.0 Å². The number of amides is 5. The average molecular weight is 680 g/mol. The zero-order valence-electron chi connectivity index (χ0n) is 28.4. The van der Waals surface area contributed by atoms with Crippen molar-refractivity contribution in [3.05, 3.63) is 53.6 Å². The normalized spacial score (nSPS) is 20.2. The lowest BCUT2D eigenvalue weighted by Crippen LogP contribution is -2.48. The van der Waals surface area contributed by atoms with Crippen LogP contribution in [0.15, 0.2) is 42.5 Å². The van der Waals surface area contributed by atoms with E-state index in [2.05, 4.69) is 16.0 Å². The molecular weight excluding hydrogens is 631 g/mol. The number of carbonyl (C=O) groups is 3. The quantitative estimate of drug-likeness (QED) is 0.276. The molecule has 2 aromatic rings. The summed E-state index contributed by atoms with van der Waals surface area (Å²) in [6.07, 6.45) is -3.08. The summed E-state index contributed by atoms with van der Waals surface area (Å²) >= 11 is 0. The van der Waals surface area contributed by atoms with Crippen LogP contribution in [0.1, 0.15) is 69.8 Å². The number of rotatable bonds is 7. The van der Waals surface area contributed by atoms with Gasteiger partial charge in [0.2, 0.25) is 0 Å². The van der Waals surface area contributed by atoms with E-state index in [1.165, 1.54) is 21.9 Å². The van der Waals surface area contributed by atoms with E-state index in [0.29, 0.717) is 24.5 Å². The van der Waals surface area contributed by atoms with Crippen molar-refractivity contribution in [1.29, 1.82) is 0 Å². The van der Waals surface area contributed by atoms with E-state index in [1.54, 1.807) is 32.2 Å². The molecule has 0 saturated carbocycles. The second-order valence-electron chi connectivity index (χ2n) is 12.6. The van der Waals surface area contributed by atoms with Gasteiger partial charge in [-0.15, -0.1) is 0 Å². The van der Waals surface area contributed by atoms with Crippen LogP contribution in [0.5, 0.6) is 5.75 Å². The molecule has 0 saturated heterocycles. The van der Waals surface area contributed by atoms with E-state index in [-0.39, 0.29) is 49.0 Å². The molecule has 0 aromatic heterocycles. The summed E-state index contributed by atoms with van der Waals surface area (Å²) in [4.78, 5) is 42.6. The Morgan fingerprint density at radius 3 is 2.33 bits per heavy atom. The third kappa shape index (κ3) is 11.3. The summed E-state index contributed by atoms with van der Waals surface area (Å²) in [6, 6.07) is 7.40. The van der Waals surface area contributed by atoms with E-state index in [9.17, 15) is 32.7 Å². The summed E-state index contributed by atoms with van der Waals surface area (Å²) in [7, 11) is 1.55. The minimum absolute atomic E-state index is 0.0967. The van der Waals surface area contributed by atoms with E-state index >= 15 is 0 Å². The Bertz CT molecular complexity index is 1370. The van der Waals surface area contributed by atoms with Gasteiger partial charge < -0.3 is 40.3 Å². The molecule has 0 fully saturated rings. The SMILES string of the molecule is CC(C)NC(=O)Nc1ccc2c(c1)C(=O)N([C@@H](C)CO)C[C@@H](C)[C@@H](CN(C)C(=O)Nc1ccc(C(F)(F)F)cc1)OCCCC[C@H](C)O2. The maximum Gasteiger partial charge on any atom is 0.416 e. The van der Waals surface area contributed by atoms with Gasteiger partial charge in [0.1, 0.15) is 5.75 Å².